The molecule has 3 unspecified atom stereocenters. The van der Waals surface area contributed by atoms with Gasteiger partial charge in [0.15, 0.2) is 12.4 Å². The lowest BCUT2D eigenvalue weighted by molar-refractivity contribution is -0.142. The topological polar surface area (TPSA) is 75.7 Å². The summed E-state index contributed by atoms with van der Waals surface area (Å²) in [6.07, 6.45) is 4.71. The molecule has 1 radical (unpaired) electrons. The molecule has 0 spiro atoms. The monoisotopic (exact) mass is 433 g/mol. The summed E-state index contributed by atoms with van der Waals surface area (Å²) in [7, 11) is 1.34. The molecule has 2 aromatic rings. The number of aliphatic hydroxyl groups is 1. The van der Waals surface area contributed by atoms with Crippen LogP contribution >= 0.6 is 0 Å². The van der Waals surface area contributed by atoms with Gasteiger partial charge in [0.2, 0.25) is 0 Å². The molecule has 5 nitrogen and oxygen atoms in total. The van der Waals surface area contributed by atoms with Crippen LogP contribution in [0.1, 0.15) is 49.3 Å². The fourth-order valence-electron chi connectivity index (χ4n) is 5.60. The molecule has 0 bridgehead atoms. The molecule has 2 aromatic carbocycles. The van der Waals surface area contributed by atoms with Crippen LogP contribution in [0.25, 0.3) is 0 Å². The first-order valence-corrected chi connectivity index (χ1v) is 11.1. The Morgan fingerprint density at radius 3 is 2.69 bits per heavy atom. The summed E-state index contributed by atoms with van der Waals surface area (Å²) >= 11 is 0. The van der Waals surface area contributed by atoms with Gasteiger partial charge in [0.1, 0.15) is 11.4 Å². The number of fused-ring (bicyclic) bond motifs is 3. The molecule has 167 valence electrons. The highest BCUT2D eigenvalue weighted by Crippen LogP contribution is 2.54. The zero-order chi connectivity index (χ0) is 22.8. The van der Waals surface area contributed by atoms with Crippen LogP contribution in [0.15, 0.2) is 42.5 Å². The van der Waals surface area contributed by atoms with Gasteiger partial charge in [0.05, 0.1) is 7.11 Å². The maximum Gasteiger partial charge on any atom is 0.343 e. The van der Waals surface area contributed by atoms with Crippen LogP contribution < -0.4 is 4.74 Å². The minimum absolute atomic E-state index is 0.00970. The lowest BCUT2D eigenvalue weighted by Gasteiger charge is -2.52. The van der Waals surface area contributed by atoms with Crippen LogP contribution in [-0.4, -0.2) is 30.4 Å². The maximum absolute atomic E-state index is 11.6. The third-order valence-corrected chi connectivity index (χ3v) is 7.11. The molecule has 0 heterocycles. The van der Waals surface area contributed by atoms with Crippen molar-refractivity contribution >= 4 is 5.97 Å². The number of aryl methyl sites for hydroxylation is 1. The summed E-state index contributed by atoms with van der Waals surface area (Å²) in [5.41, 5.74) is 2.54. The summed E-state index contributed by atoms with van der Waals surface area (Å²) in [6, 6.07) is 13.1. The van der Waals surface area contributed by atoms with Gasteiger partial charge in [0.25, 0.3) is 0 Å². The van der Waals surface area contributed by atoms with E-state index in [9.17, 15) is 15.0 Å². The lowest BCUT2D eigenvalue weighted by atomic mass is 9.52. The van der Waals surface area contributed by atoms with E-state index in [0.29, 0.717) is 18.6 Å². The number of carbonyl (C=O) groups is 1. The fourth-order valence-corrected chi connectivity index (χ4v) is 5.60. The smallest absolute Gasteiger partial charge is 0.343 e. The van der Waals surface area contributed by atoms with Crippen LogP contribution in [-0.2, 0) is 32.9 Å². The summed E-state index contributed by atoms with van der Waals surface area (Å²) in [6.45, 7) is 1.66. The van der Waals surface area contributed by atoms with Gasteiger partial charge in [-0.3, -0.25) is 5.11 Å². The van der Waals surface area contributed by atoms with Gasteiger partial charge in [-0.25, -0.2) is 4.79 Å². The van der Waals surface area contributed by atoms with E-state index < -0.39 is 11.6 Å². The molecular formula is C27H29O5. The highest BCUT2D eigenvalue weighted by molar-refractivity contribution is 5.70. The standard InChI is InChI=1S/C27H29O5/c1-3-12-26(30)13-14-27(16-19-4-8-22(28)9-5-19)21(17-26)7-6-20-15-23(10-11-24(20)27)32-18-25(29)31-2/h4-5,8-11,15,21,30H,6-7,13-14,16-18H2,1-2H3. The van der Waals surface area contributed by atoms with Crippen LogP contribution in [0.2, 0.25) is 0 Å². The number of esters is 1. The Morgan fingerprint density at radius 1 is 1.19 bits per heavy atom. The number of benzene rings is 2. The molecule has 1 fully saturated rings. The molecule has 0 aromatic heterocycles. The molecule has 2 aliphatic carbocycles. The van der Waals surface area contributed by atoms with Gasteiger partial charge in [0, 0.05) is 5.41 Å². The zero-order valence-corrected chi connectivity index (χ0v) is 18.6. The Hall–Kier alpha value is -2.97. The van der Waals surface area contributed by atoms with Crippen molar-refractivity contribution in [3.05, 3.63) is 59.2 Å². The minimum atomic E-state index is -0.942. The molecule has 1 N–H and O–H groups in total. The third kappa shape index (κ3) is 4.33. The van der Waals surface area contributed by atoms with Gasteiger partial charge in [-0.1, -0.05) is 24.1 Å². The maximum atomic E-state index is 11.6. The molecule has 4 rings (SSSR count). The van der Waals surface area contributed by atoms with E-state index in [1.807, 2.05) is 24.3 Å². The summed E-state index contributed by atoms with van der Waals surface area (Å²) < 4.78 is 10.3. The second kappa shape index (κ2) is 8.88. The van der Waals surface area contributed by atoms with Gasteiger partial charge < -0.3 is 14.6 Å². The molecule has 0 aliphatic heterocycles. The van der Waals surface area contributed by atoms with Gasteiger partial charge in [-0.15, -0.1) is 5.92 Å². The largest absolute Gasteiger partial charge is 0.482 e. The Balaban J connectivity index is 1.70. The molecule has 0 saturated heterocycles. The van der Waals surface area contributed by atoms with Crippen LogP contribution in [0.3, 0.4) is 0 Å². The van der Waals surface area contributed by atoms with E-state index in [1.54, 1.807) is 19.1 Å². The van der Waals surface area contributed by atoms with Crippen LogP contribution in [0.4, 0.5) is 0 Å². The van der Waals surface area contributed by atoms with Crippen molar-refractivity contribution in [3.63, 3.8) is 0 Å². The molecule has 3 atom stereocenters. The van der Waals surface area contributed by atoms with Crippen molar-refractivity contribution in [1.29, 1.82) is 0 Å². The van der Waals surface area contributed by atoms with Gasteiger partial charge in [-0.2, -0.15) is 0 Å². The van der Waals surface area contributed by atoms with E-state index in [4.69, 9.17) is 4.74 Å². The van der Waals surface area contributed by atoms with Crippen LogP contribution in [0, 0.1) is 17.8 Å². The van der Waals surface area contributed by atoms with Gasteiger partial charge >= 0.3 is 5.97 Å². The molecule has 0 amide bonds. The van der Waals surface area contributed by atoms with Crippen molar-refractivity contribution in [3.8, 4) is 23.3 Å². The number of ether oxygens (including phenoxy) is 2. The summed E-state index contributed by atoms with van der Waals surface area (Å²) in [5.74, 6) is 6.49. The predicted octanol–water partition coefficient (Wildman–Crippen LogP) is 4.36. The molecule has 1 saturated carbocycles. The third-order valence-electron chi connectivity index (χ3n) is 7.11. The normalized spacial score (nSPS) is 26.2. The Morgan fingerprint density at radius 2 is 1.97 bits per heavy atom. The van der Waals surface area contributed by atoms with Crippen LogP contribution in [0.5, 0.6) is 11.5 Å². The number of rotatable bonds is 5. The number of hydrogen-bond acceptors (Lipinski definition) is 4. The first-order chi connectivity index (χ1) is 15.4. The molecule has 32 heavy (non-hydrogen) atoms. The predicted molar refractivity (Wildman–Crippen MR) is 120 cm³/mol. The molecular weight excluding hydrogens is 404 g/mol. The summed E-state index contributed by atoms with van der Waals surface area (Å²) in [4.78, 5) is 11.4. The Kier molecular flexibility index (Phi) is 6.17. The van der Waals surface area contributed by atoms with E-state index in [2.05, 4.69) is 22.6 Å². The Bertz CT molecular complexity index is 1050. The van der Waals surface area contributed by atoms with Crippen molar-refractivity contribution in [2.75, 3.05) is 13.7 Å². The minimum Gasteiger partial charge on any atom is -0.482 e. The quantitative estimate of drug-likeness (QED) is 0.561. The fraction of sp³-hybridized carbons (Fsp3) is 0.444. The average Bonchev–Trinajstić information content (AvgIpc) is 2.79. The molecule has 2 aliphatic rings. The SMILES string of the molecule is CC#CC1(O)CCC2(Cc3ccc([O])cc3)c3ccc(OCC(=O)OC)cc3CCC2C1. The summed E-state index contributed by atoms with van der Waals surface area (Å²) in [5, 5.41) is 22.7. The highest BCUT2D eigenvalue weighted by Gasteiger charge is 2.51. The number of methoxy groups -OCH3 is 1. The first-order valence-electron chi connectivity index (χ1n) is 11.1. The van der Waals surface area contributed by atoms with Crippen molar-refractivity contribution in [2.45, 2.75) is 56.5 Å². The van der Waals surface area contributed by atoms with Crippen molar-refractivity contribution in [2.24, 2.45) is 5.92 Å². The second-order valence-electron chi connectivity index (χ2n) is 9.01. The zero-order valence-electron chi connectivity index (χ0n) is 18.6. The Labute approximate surface area is 189 Å². The van der Waals surface area contributed by atoms with E-state index in [-0.39, 0.29) is 23.7 Å². The van der Waals surface area contributed by atoms with Crippen molar-refractivity contribution in [1.82, 2.24) is 0 Å². The second-order valence-corrected chi connectivity index (χ2v) is 9.01. The number of carbonyl (C=O) groups excluding carboxylic acids is 1. The number of hydrogen-bond donors (Lipinski definition) is 1. The molecule has 5 heteroatoms. The average molecular weight is 434 g/mol. The highest BCUT2D eigenvalue weighted by atomic mass is 16.6. The van der Waals surface area contributed by atoms with E-state index >= 15 is 0 Å². The first kappa shape index (κ1) is 22.2. The van der Waals surface area contributed by atoms with E-state index in [1.165, 1.54) is 18.2 Å². The lowest BCUT2D eigenvalue weighted by Crippen LogP contribution is -2.50. The van der Waals surface area contributed by atoms with Crippen molar-refractivity contribution < 1.29 is 24.5 Å². The van der Waals surface area contributed by atoms with Gasteiger partial charge in [-0.05, 0) is 92.3 Å². The van der Waals surface area contributed by atoms with E-state index in [0.717, 1.165) is 31.2 Å².